The molecule has 4 nitrogen and oxygen atoms in total. The average molecular weight is 256 g/mol. The van der Waals surface area contributed by atoms with Gasteiger partial charge in [0.2, 0.25) is 0 Å². The van der Waals surface area contributed by atoms with Crippen LogP contribution >= 0.6 is 0 Å². The minimum Gasteiger partial charge on any atom is -0.421 e. The highest BCUT2D eigenvalue weighted by Gasteiger charge is 2.12. The van der Waals surface area contributed by atoms with Gasteiger partial charge >= 0.3 is 11.9 Å². The number of carbonyl (C=O) groups is 2. The maximum absolute atomic E-state index is 10.9. The normalized spacial score (nSPS) is 11.8. The van der Waals surface area contributed by atoms with E-state index in [1.165, 1.54) is 13.8 Å². The van der Waals surface area contributed by atoms with Crippen molar-refractivity contribution in [2.24, 2.45) is 5.92 Å². The van der Waals surface area contributed by atoms with Crippen LogP contribution < -0.4 is 0 Å². The summed E-state index contributed by atoms with van der Waals surface area (Å²) in [5.74, 6) is -0.254. The van der Waals surface area contributed by atoms with Crippen molar-refractivity contribution >= 4 is 11.9 Å². The van der Waals surface area contributed by atoms with Gasteiger partial charge in [0, 0.05) is 13.8 Å². The van der Waals surface area contributed by atoms with E-state index in [0.717, 1.165) is 24.8 Å². The molecule has 0 fully saturated rings. The Labute approximate surface area is 109 Å². The highest BCUT2D eigenvalue weighted by Crippen LogP contribution is 2.13. The second-order valence-corrected chi connectivity index (χ2v) is 4.89. The fourth-order valence-electron chi connectivity index (χ4n) is 1.52. The smallest absolute Gasteiger partial charge is 0.305 e. The minimum atomic E-state index is -0.904. The largest absolute Gasteiger partial charge is 0.421 e. The van der Waals surface area contributed by atoms with Crippen LogP contribution in [0, 0.1) is 5.92 Å². The average Bonchev–Trinajstić information content (AvgIpc) is 2.13. The van der Waals surface area contributed by atoms with Crippen LogP contribution in [-0.4, -0.2) is 18.2 Å². The lowest BCUT2D eigenvalue weighted by Crippen LogP contribution is -2.20. The van der Waals surface area contributed by atoms with Gasteiger partial charge < -0.3 is 9.47 Å². The lowest BCUT2D eigenvalue weighted by molar-refractivity contribution is -0.176. The Morgan fingerprint density at radius 1 is 1.06 bits per heavy atom. The lowest BCUT2D eigenvalue weighted by Gasteiger charge is -2.14. The molecule has 104 valence electrons. The summed E-state index contributed by atoms with van der Waals surface area (Å²) in [6.07, 6.45) is 3.92. The summed E-state index contributed by atoms with van der Waals surface area (Å²) >= 11 is 0. The van der Waals surface area contributed by atoms with Crippen LogP contribution in [0.1, 0.15) is 53.9 Å². The molecule has 0 amide bonds. The molecule has 0 N–H and O–H groups in total. The molecule has 0 radical (unpaired) electrons. The van der Waals surface area contributed by atoms with Crippen molar-refractivity contribution < 1.29 is 19.1 Å². The molecule has 0 aromatic heterocycles. The number of hydrogen-bond donors (Lipinski definition) is 0. The lowest BCUT2D eigenvalue weighted by atomic mass is 10.0. The van der Waals surface area contributed by atoms with Gasteiger partial charge in [-0.05, 0) is 31.8 Å². The summed E-state index contributed by atoms with van der Waals surface area (Å²) in [6.45, 7) is 8.89. The molecule has 0 aromatic carbocycles. The number of carbonyl (C=O) groups excluding carboxylic acids is 2. The van der Waals surface area contributed by atoms with Crippen molar-refractivity contribution in [3.05, 3.63) is 11.6 Å². The zero-order chi connectivity index (χ0) is 14.1. The molecule has 4 heteroatoms. The Hall–Kier alpha value is -1.32. The summed E-state index contributed by atoms with van der Waals surface area (Å²) in [6, 6.07) is 0. The summed E-state index contributed by atoms with van der Waals surface area (Å²) in [7, 11) is 0. The Morgan fingerprint density at radius 2 is 1.56 bits per heavy atom. The standard InChI is InChI=1S/C14H24O4/c1-10(2)7-6-8-11(3)9-14(17-12(4)15)18-13(5)16/h9-10,14H,6-8H2,1-5H3/b11-9+. The van der Waals surface area contributed by atoms with Crippen LogP contribution in [0.5, 0.6) is 0 Å². The van der Waals surface area contributed by atoms with E-state index in [2.05, 4.69) is 13.8 Å². The predicted molar refractivity (Wildman–Crippen MR) is 69.8 cm³/mol. The van der Waals surface area contributed by atoms with E-state index in [9.17, 15) is 9.59 Å². The molecule has 0 bridgehead atoms. The van der Waals surface area contributed by atoms with Crippen LogP contribution in [0.15, 0.2) is 11.6 Å². The minimum absolute atomic E-state index is 0.465. The van der Waals surface area contributed by atoms with Crippen molar-refractivity contribution in [2.75, 3.05) is 0 Å². The van der Waals surface area contributed by atoms with Gasteiger partial charge in [0.05, 0.1) is 0 Å². The second-order valence-electron chi connectivity index (χ2n) is 4.89. The van der Waals surface area contributed by atoms with Crippen LogP contribution in [0.4, 0.5) is 0 Å². The molecule has 0 aliphatic carbocycles. The highest BCUT2D eigenvalue weighted by molar-refractivity contribution is 5.68. The van der Waals surface area contributed by atoms with E-state index in [1.54, 1.807) is 6.08 Å². The van der Waals surface area contributed by atoms with Gasteiger partial charge in [-0.1, -0.05) is 25.8 Å². The molecule has 0 aliphatic rings. The van der Waals surface area contributed by atoms with E-state index in [-0.39, 0.29) is 0 Å². The van der Waals surface area contributed by atoms with Crippen molar-refractivity contribution in [3.63, 3.8) is 0 Å². The van der Waals surface area contributed by atoms with E-state index >= 15 is 0 Å². The molecule has 0 saturated carbocycles. The zero-order valence-electron chi connectivity index (χ0n) is 12.0. The Morgan fingerprint density at radius 3 is 1.94 bits per heavy atom. The first-order chi connectivity index (χ1) is 8.31. The summed E-state index contributed by atoms with van der Waals surface area (Å²) in [5, 5.41) is 0. The van der Waals surface area contributed by atoms with Gasteiger partial charge in [0.15, 0.2) is 0 Å². The number of hydrogen-bond acceptors (Lipinski definition) is 4. The third kappa shape index (κ3) is 9.87. The molecule has 0 aromatic rings. The monoisotopic (exact) mass is 256 g/mol. The number of allylic oxidation sites excluding steroid dienone is 1. The molecule has 0 heterocycles. The molecule has 0 rings (SSSR count). The van der Waals surface area contributed by atoms with Gasteiger partial charge in [0.1, 0.15) is 0 Å². The first kappa shape index (κ1) is 16.7. The molecule has 0 unspecified atom stereocenters. The van der Waals surface area contributed by atoms with Gasteiger partial charge in [-0.25, -0.2) is 0 Å². The predicted octanol–water partition coefficient (Wildman–Crippen LogP) is 3.21. The molecule has 0 spiro atoms. The quantitative estimate of drug-likeness (QED) is 0.399. The molecule has 0 atom stereocenters. The van der Waals surface area contributed by atoms with Crippen LogP contribution in [-0.2, 0) is 19.1 Å². The summed E-state index contributed by atoms with van der Waals surface area (Å²) in [5.41, 5.74) is 1.06. The maximum atomic E-state index is 10.9. The van der Waals surface area contributed by atoms with Gasteiger partial charge in [-0.15, -0.1) is 0 Å². The molecule has 0 saturated heterocycles. The van der Waals surface area contributed by atoms with Crippen molar-refractivity contribution in [1.29, 1.82) is 0 Å². The maximum Gasteiger partial charge on any atom is 0.305 e. The van der Waals surface area contributed by atoms with Crippen LogP contribution in [0.3, 0.4) is 0 Å². The first-order valence-electron chi connectivity index (χ1n) is 6.33. The van der Waals surface area contributed by atoms with Gasteiger partial charge in [-0.2, -0.15) is 0 Å². The SMILES string of the molecule is CC(=O)OC(/C=C(\C)CCCC(C)C)OC(C)=O. The van der Waals surface area contributed by atoms with Crippen LogP contribution in [0.25, 0.3) is 0 Å². The van der Waals surface area contributed by atoms with Crippen molar-refractivity contribution in [1.82, 2.24) is 0 Å². The fraction of sp³-hybridized carbons (Fsp3) is 0.714. The van der Waals surface area contributed by atoms with Gasteiger partial charge in [-0.3, -0.25) is 9.59 Å². The van der Waals surface area contributed by atoms with Crippen LogP contribution in [0.2, 0.25) is 0 Å². The van der Waals surface area contributed by atoms with E-state index in [4.69, 9.17) is 9.47 Å². The van der Waals surface area contributed by atoms with Gasteiger partial charge in [0.25, 0.3) is 6.29 Å². The third-order valence-corrected chi connectivity index (χ3v) is 2.34. The summed E-state index contributed by atoms with van der Waals surface area (Å²) in [4.78, 5) is 21.8. The fourth-order valence-corrected chi connectivity index (χ4v) is 1.52. The second kappa shape index (κ2) is 8.72. The highest BCUT2D eigenvalue weighted by atomic mass is 16.7. The Balaban J connectivity index is 4.32. The number of ether oxygens (including phenoxy) is 2. The summed E-state index contributed by atoms with van der Waals surface area (Å²) < 4.78 is 9.80. The van der Waals surface area contributed by atoms with E-state index < -0.39 is 18.2 Å². The molecule has 0 aliphatic heterocycles. The van der Waals surface area contributed by atoms with Crippen molar-refractivity contribution in [2.45, 2.75) is 60.2 Å². The molecule has 18 heavy (non-hydrogen) atoms. The van der Waals surface area contributed by atoms with E-state index in [0.29, 0.717) is 5.92 Å². The topological polar surface area (TPSA) is 52.6 Å². The van der Waals surface area contributed by atoms with Crippen molar-refractivity contribution in [3.8, 4) is 0 Å². The Bertz CT molecular complexity index is 289. The number of rotatable bonds is 7. The first-order valence-corrected chi connectivity index (χ1v) is 6.33. The molecular weight excluding hydrogens is 232 g/mol. The zero-order valence-corrected chi connectivity index (χ0v) is 12.0. The third-order valence-electron chi connectivity index (χ3n) is 2.34. The number of esters is 2. The Kier molecular flexibility index (Phi) is 8.08. The molecular formula is C14H24O4. The van der Waals surface area contributed by atoms with E-state index in [1.807, 2.05) is 6.92 Å².